The summed E-state index contributed by atoms with van der Waals surface area (Å²) in [6.07, 6.45) is 3.99. The highest BCUT2D eigenvalue weighted by molar-refractivity contribution is 6.90. The van der Waals surface area contributed by atoms with Crippen LogP contribution in [0.2, 0.25) is 78.6 Å². The van der Waals surface area contributed by atoms with Crippen molar-refractivity contribution in [3.63, 3.8) is 0 Å². The van der Waals surface area contributed by atoms with Crippen LogP contribution in [0.3, 0.4) is 0 Å². The average Bonchev–Trinajstić information content (AvgIpc) is 4.02. The maximum atomic E-state index is 5.38. The SMILES string of the molecule is C[Si](C)(C)c1ccc2c(c1)c1cc([Si](C)(C)C)ccc1n2-c1ccc2c(-c3nccc4ccccc34)c3cc(-n4c5ccc([Si](C)(C)C)cc5c5cc([Si](C)(C)C)ccc54)ccc3c(-c3nccc4ccccc34)c2c1. The van der Waals surface area contributed by atoms with Crippen LogP contribution in [0.25, 0.3) is 121 Å². The molecule has 0 atom stereocenters. The Balaban J connectivity index is 1.18. The minimum Gasteiger partial charge on any atom is -0.309 e. The summed E-state index contributed by atoms with van der Waals surface area (Å²) >= 11 is 0. The van der Waals surface area contributed by atoms with Crippen molar-refractivity contribution in [2.75, 3.05) is 0 Å². The minimum absolute atomic E-state index is 0.979. The van der Waals surface area contributed by atoms with Gasteiger partial charge in [0.25, 0.3) is 0 Å². The van der Waals surface area contributed by atoms with E-state index < -0.39 is 32.3 Å². The highest BCUT2D eigenvalue weighted by Crippen LogP contribution is 2.48. The van der Waals surface area contributed by atoms with Gasteiger partial charge in [0.05, 0.1) is 65.8 Å². The van der Waals surface area contributed by atoms with Crippen LogP contribution in [-0.2, 0) is 0 Å². The van der Waals surface area contributed by atoms with E-state index in [1.165, 1.54) is 75.1 Å². The van der Waals surface area contributed by atoms with E-state index in [9.17, 15) is 0 Å². The van der Waals surface area contributed by atoms with Gasteiger partial charge in [-0.3, -0.25) is 9.97 Å². The molecule has 0 radical (unpaired) electrons. The normalized spacial score (nSPS) is 13.0. The van der Waals surface area contributed by atoms with Crippen LogP contribution in [-0.4, -0.2) is 51.4 Å². The number of rotatable bonds is 8. The Labute approximate surface area is 450 Å². The molecular formula is C68H66N4Si4. The van der Waals surface area contributed by atoms with Crippen molar-refractivity contribution in [2.45, 2.75) is 78.6 Å². The Morgan fingerprint density at radius 1 is 0.276 bits per heavy atom. The first-order valence-electron chi connectivity index (χ1n) is 27.1. The molecule has 0 aliphatic rings. The third-order valence-electron chi connectivity index (χ3n) is 16.4. The summed E-state index contributed by atoms with van der Waals surface area (Å²) in [6, 6.07) is 65.5. The Bertz CT molecular complexity index is 4130. The van der Waals surface area contributed by atoms with E-state index in [4.69, 9.17) is 9.97 Å². The van der Waals surface area contributed by atoms with Crippen LogP contribution in [0.1, 0.15) is 0 Å². The average molecular weight is 1050 g/mol. The van der Waals surface area contributed by atoms with Crippen molar-refractivity contribution in [3.05, 3.63) is 182 Å². The molecule has 0 amide bonds. The maximum Gasteiger partial charge on any atom is 0.0792 e. The lowest BCUT2D eigenvalue weighted by atomic mass is 9.86. The molecule has 374 valence electrons. The van der Waals surface area contributed by atoms with E-state index in [0.29, 0.717) is 0 Å². The Morgan fingerprint density at radius 2 is 0.592 bits per heavy atom. The van der Waals surface area contributed by atoms with Crippen molar-refractivity contribution >= 4 is 140 Å². The van der Waals surface area contributed by atoms with Gasteiger partial charge in [-0.15, -0.1) is 0 Å². The first-order valence-corrected chi connectivity index (χ1v) is 41.1. The molecule has 9 aromatic carbocycles. The third kappa shape index (κ3) is 7.78. The number of fused-ring (bicyclic) bond motifs is 10. The van der Waals surface area contributed by atoms with Gasteiger partial charge in [0.2, 0.25) is 0 Å². The van der Waals surface area contributed by atoms with Crippen molar-refractivity contribution in [1.29, 1.82) is 0 Å². The van der Waals surface area contributed by atoms with Crippen molar-refractivity contribution in [3.8, 4) is 33.9 Å². The van der Waals surface area contributed by atoms with Gasteiger partial charge in [0.1, 0.15) is 0 Å². The number of hydrogen-bond acceptors (Lipinski definition) is 2. The zero-order valence-electron chi connectivity index (χ0n) is 46.1. The predicted octanol–water partition coefficient (Wildman–Crippen LogP) is 16.8. The number of hydrogen-bond donors (Lipinski definition) is 0. The Kier molecular flexibility index (Phi) is 10.9. The van der Waals surface area contributed by atoms with E-state index in [0.717, 1.165) is 66.2 Å². The van der Waals surface area contributed by atoms with Crippen LogP contribution in [0, 0.1) is 0 Å². The quantitative estimate of drug-likeness (QED) is 0.112. The fraction of sp³-hybridized carbons (Fsp3) is 0.176. The summed E-state index contributed by atoms with van der Waals surface area (Å²) < 4.78 is 5.05. The van der Waals surface area contributed by atoms with Gasteiger partial charge in [-0.1, -0.05) is 209 Å². The van der Waals surface area contributed by atoms with Crippen LogP contribution in [0.15, 0.2) is 182 Å². The maximum absolute atomic E-state index is 5.38. The number of nitrogens with zero attached hydrogens (tertiary/aromatic N) is 4. The molecule has 8 heteroatoms. The largest absolute Gasteiger partial charge is 0.309 e. The predicted molar refractivity (Wildman–Crippen MR) is 344 cm³/mol. The lowest BCUT2D eigenvalue weighted by Crippen LogP contribution is -2.37. The van der Waals surface area contributed by atoms with Crippen LogP contribution in [0.5, 0.6) is 0 Å². The minimum atomic E-state index is -1.63. The molecule has 0 aliphatic heterocycles. The van der Waals surface area contributed by atoms with Gasteiger partial charge in [-0.2, -0.15) is 0 Å². The second kappa shape index (κ2) is 17.1. The van der Waals surface area contributed by atoms with Gasteiger partial charge >= 0.3 is 0 Å². The van der Waals surface area contributed by atoms with E-state index in [-0.39, 0.29) is 0 Å². The molecule has 0 unspecified atom stereocenters. The molecule has 0 N–H and O–H groups in total. The Morgan fingerprint density at radius 3 is 0.908 bits per heavy atom. The smallest absolute Gasteiger partial charge is 0.0792 e. The molecule has 0 spiro atoms. The summed E-state index contributed by atoms with van der Waals surface area (Å²) in [5.41, 5.74) is 11.4. The molecule has 0 saturated heterocycles. The van der Waals surface area contributed by atoms with Gasteiger partial charge in [0, 0.05) is 67.2 Å². The van der Waals surface area contributed by atoms with Gasteiger partial charge in [0.15, 0.2) is 0 Å². The molecule has 4 heterocycles. The standard InChI is InChI=1S/C68H66N4Si4/c1-73(2,3)47-23-29-61-55(39-47)56-40-48(74(4,5)6)24-30-62(56)71(61)45-21-27-53-59(37-45)65(67-51-19-15-13-17-43(51)33-35-69-67)54-28-22-46(38-60(54)66(53)68-52-20-16-14-18-44(52)34-36-70-68)72-63-31-25-49(75(7,8)9)41-57(63)58-42-50(76(10,11)12)26-32-64(58)72/h13-42H,1-12H3. The molecule has 4 aromatic heterocycles. The summed E-state index contributed by atoms with van der Waals surface area (Å²) in [4.78, 5) is 10.8. The molecule has 0 bridgehead atoms. The molecule has 13 rings (SSSR count). The summed E-state index contributed by atoms with van der Waals surface area (Å²) in [5, 5.41) is 20.4. The van der Waals surface area contributed by atoms with Crippen molar-refractivity contribution < 1.29 is 0 Å². The number of benzene rings is 9. The summed E-state index contributed by atoms with van der Waals surface area (Å²) in [6.45, 7) is 29.5. The van der Waals surface area contributed by atoms with Crippen LogP contribution in [0.4, 0.5) is 0 Å². The molecule has 13 aromatic rings. The molecular weight excluding hydrogens is 985 g/mol. The van der Waals surface area contributed by atoms with Gasteiger partial charge in [-0.05, 0) is 93.0 Å². The second-order valence-corrected chi connectivity index (χ2v) is 45.9. The lowest BCUT2D eigenvalue weighted by Gasteiger charge is -2.21. The Hall–Kier alpha value is -7.21. The van der Waals surface area contributed by atoms with E-state index in [1.807, 2.05) is 12.4 Å². The van der Waals surface area contributed by atoms with Gasteiger partial charge in [-0.25, -0.2) is 0 Å². The van der Waals surface area contributed by atoms with Gasteiger partial charge < -0.3 is 9.13 Å². The molecule has 76 heavy (non-hydrogen) atoms. The van der Waals surface area contributed by atoms with Crippen molar-refractivity contribution in [2.24, 2.45) is 0 Å². The summed E-state index contributed by atoms with van der Waals surface area (Å²) in [7, 11) is -6.51. The number of pyridine rings is 2. The second-order valence-electron chi connectivity index (χ2n) is 25.6. The fourth-order valence-corrected chi connectivity index (χ4v) is 16.7. The fourth-order valence-electron chi connectivity index (χ4n) is 12.1. The highest BCUT2D eigenvalue weighted by Gasteiger charge is 2.27. The van der Waals surface area contributed by atoms with Crippen LogP contribution < -0.4 is 20.7 Å². The first-order chi connectivity index (χ1) is 36.2. The zero-order chi connectivity index (χ0) is 52.8. The highest BCUT2D eigenvalue weighted by atomic mass is 28.3. The monoisotopic (exact) mass is 1050 g/mol. The van der Waals surface area contributed by atoms with Crippen molar-refractivity contribution in [1.82, 2.24) is 19.1 Å². The number of aromatic nitrogens is 4. The first kappa shape index (κ1) is 48.4. The topological polar surface area (TPSA) is 35.6 Å². The van der Waals surface area contributed by atoms with Crippen LogP contribution >= 0.6 is 0 Å². The van der Waals surface area contributed by atoms with E-state index >= 15 is 0 Å². The third-order valence-corrected chi connectivity index (χ3v) is 24.6. The van der Waals surface area contributed by atoms with E-state index in [2.05, 4.69) is 258 Å². The lowest BCUT2D eigenvalue weighted by molar-refractivity contribution is 1.18. The molecule has 4 nitrogen and oxygen atoms in total. The molecule has 0 saturated carbocycles. The summed E-state index contributed by atoms with van der Waals surface area (Å²) in [5.74, 6) is 0. The zero-order valence-corrected chi connectivity index (χ0v) is 50.1. The van der Waals surface area contributed by atoms with E-state index in [1.54, 1.807) is 0 Å². The molecule has 0 fully saturated rings. The molecule has 0 aliphatic carbocycles.